The lowest BCUT2D eigenvalue weighted by molar-refractivity contribution is -0.117. The molecule has 2 aromatic carbocycles. The fourth-order valence-electron chi connectivity index (χ4n) is 7.47. The van der Waals surface area contributed by atoms with Crippen molar-refractivity contribution in [3.8, 4) is 5.88 Å². The number of nitrogens with zero attached hydrogens (tertiary/aromatic N) is 9. The largest absolute Gasteiger partial charge is 0.478 e. The number of fused-ring (bicyclic) bond motifs is 1. The molecule has 1 saturated heterocycles. The van der Waals surface area contributed by atoms with E-state index in [1.54, 1.807) is 45.9 Å². The van der Waals surface area contributed by atoms with E-state index < -0.39 is 39.9 Å². The molecule has 420 valence electrons. The number of carbonyl (C=O) groups is 2. The molecule has 0 spiro atoms. The number of hydrogen-bond donors (Lipinski definition) is 6. The predicted molar refractivity (Wildman–Crippen MR) is 285 cm³/mol. The molecule has 5 heterocycles. The van der Waals surface area contributed by atoms with Crippen LogP contribution in [0, 0.1) is 5.82 Å². The number of hydrogen-bond acceptors (Lipinski definition) is 21. The first kappa shape index (κ1) is 58.6. The highest BCUT2D eigenvalue weighted by molar-refractivity contribution is 9.10. The number of methoxy groups -OCH3 is 1. The number of imidazole rings is 1. The average Bonchev–Trinajstić information content (AvgIpc) is 4.15. The van der Waals surface area contributed by atoms with Gasteiger partial charge in [0.1, 0.15) is 23.5 Å². The third-order valence-electron chi connectivity index (χ3n) is 11.3. The van der Waals surface area contributed by atoms with Crippen molar-refractivity contribution in [2.45, 2.75) is 23.7 Å². The lowest BCUT2D eigenvalue weighted by Gasteiger charge is -2.17. The number of aryl methyl sites for hydroxylation is 1. The van der Waals surface area contributed by atoms with Crippen LogP contribution in [0.3, 0.4) is 0 Å². The van der Waals surface area contributed by atoms with Gasteiger partial charge in [-0.15, -0.1) is 5.10 Å². The lowest BCUT2D eigenvalue weighted by Crippen LogP contribution is -2.40. The van der Waals surface area contributed by atoms with Gasteiger partial charge in [0, 0.05) is 32.0 Å². The Morgan fingerprint density at radius 1 is 0.833 bits per heavy atom. The van der Waals surface area contributed by atoms with E-state index in [9.17, 15) is 26.8 Å². The van der Waals surface area contributed by atoms with Crippen molar-refractivity contribution in [3.63, 3.8) is 0 Å². The molecule has 26 nitrogen and oxygen atoms in total. The number of nitrogens with two attached hydrogens (primary N) is 1. The number of ether oxygens (including phenoxy) is 7. The molecule has 2 atom stereocenters. The van der Waals surface area contributed by atoms with Gasteiger partial charge in [0.15, 0.2) is 17.0 Å². The quantitative estimate of drug-likeness (QED) is 0.0249. The van der Waals surface area contributed by atoms with Gasteiger partial charge in [-0.25, -0.2) is 31.9 Å². The molecule has 7 rings (SSSR count). The second kappa shape index (κ2) is 29.1. The maximum atomic E-state index is 14.9. The maximum absolute atomic E-state index is 14.9. The molecular weight excluding hydrogens is 1110 g/mol. The zero-order valence-corrected chi connectivity index (χ0v) is 45.1. The van der Waals surface area contributed by atoms with Crippen LogP contribution in [0.25, 0.3) is 11.2 Å². The maximum Gasteiger partial charge on any atom is 0.256 e. The van der Waals surface area contributed by atoms with E-state index in [-0.39, 0.29) is 66.7 Å². The van der Waals surface area contributed by atoms with Crippen molar-refractivity contribution in [1.82, 2.24) is 49.3 Å². The van der Waals surface area contributed by atoms with Crippen molar-refractivity contribution in [3.05, 3.63) is 89.7 Å². The normalized spacial score (nSPS) is 14.4. The van der Waals surface area contributed by atoms with Gasteiger partial charge in [0.05, 0.1) is 139 Å². The molecule has 0 saturated carbocycles. The highest BCUT2D eigenvalue weighted by Gasteiger charge is 2.35. The Kier molecular flexibility index (Phi) is 21.9. The molecule has 30 heteroatoms. The fraction of sp³-hybridized carbons (Fsp3) is 0.417. The summed E-state index contributed by atoms with van der Waals surface area (Å²) in [4.78, 5) is 47.7. The second-order valence-corrected chi connectivity index (χ2v) is 19.5. The van der Waals surface area contributed by atoms with Crippen LogP contribution in [0.5, 0.6) is 5.88 Å². The van der Waals surface area contributed by atoms with Gasteiger partial charge in [0.2, 0.25) is 27.8 Å². The van der Waals surface area contributed by atoms with Crippen LogP contribution in [0.4, 0.5) is 49.4 Å². The second-order valence-electron chi connectivity index (χ2n) is 16.8. The van der Waals surface area contributed by atoms with Gasteiger partial charge < -0.3 is 69.6 Å². The minimum absolute atomic E-state index is 0.00494. The summed E-state index contributed by atoms with van der Waals surface area (Å²) in [5.74, 6) is -0.873. The van der Waals surface area contributed by atoms with Crippen LogP contribution in [0.2, 0.25) is 0 Å². The first-order valence-electron chi connectivity index (χ1n) is 24.3. The number of carbonyl (C=O) groups excluding carboxylic acids is 2. The number of primary amides is 1. The summed E-state index contributed by atoms with van der Waals surface area (Å²) in [7, 11) is -0.531. The number of anilines is 7. The minimum Gasteiger partial charge on any atom is -0.478 e. The molecule has 0 bridgehead atoms. The van der Waals surface area contributed by atoms with Crippen molar-refractivity contribution in [1.29, 1.82) is 0 Å². The van der Waals surface area contributed by atoms with Crippen molar-refractivity contribution >= 4 is 89.5 Å². The van der Waals surface area contributed by atoms with E-state index in [0.29, 0.717) is 111 Å². The summed E-state index contributed by atoms with van der Waals surface area (Å²) < 4.78 is 100. The molecule has 1 aliphatic rings. The van der Waals surface area contributed by atoms with Gasteiger partial charge >= 0.3 is 0 Å². The van der Waals surface area contributed by atoms with E-state index in [1.165, 1.54) is 37.6 Å². The van der Waals surface area contributed by atoms with Gasteiger partial charge in [0.25, 0.3) is 11.8 Å². The molecule has 78 heavy (non-hydrogen) atoms. The molecule has 4 aromatic heterocycles. The Hall–Kier alpha value is -7.03. The number of benzene rings is 2. The van der Waals surface area contributed by atoms with Crippen LogP contribution in [0.1, 0.15) is 10.4 Å². The van der Waals surface area contributed by atoms with Gasteiger partial charge in [-0.05, 0) is 58.4 Å². The van der Waals surface area contributed by atoms with Crippen molar-refractivity contribution in [2.75, 3.05) is 127 Å². The molecule has 0 aliphatic carbocycles. The molecule has 7 N–H and O–H groups in total. The SMILES string of the molecule is C=CC(=O)N[C@@H]1CN(c2nc(Nc3cn(CCOCCOCCOCCOCCOCCOCCNS(=O)(=O)c4ccc(Nc5ncc(Br)c(Nc6cccc(F)c6C(N)=O)n5)cc4)nc3OC)c3ncn(C)c3n2)C[C@H]1F. The monoisotopic (exact) mass is 1170 g/mol. The van der Waals surface area contributed by atoms with E-state index >= 15 is 0 Å². The number of halogens is 3. The summed E-state index contributed by atoms with van der Waals surface area (Å²) in [6.07, 6.45) is 4.59. The Morgan fingerprint density at radius 3 is 2.12 bits per heavy atom. The Balaban J connectivity index is 0.678. The van der Waals surface area contributed by atoms with Crippen LogP contribution < -0.4 is 41.4 Å². The summed E-state index contributed by atoms with van der Waals surface area (Å²) in [5, 5.41) is 16.2. The van der Waals surface area contributed by atoms with Crippen LogP contribution in [0.15, 0.2) is 83.2 Å². The summed E-state index contributed by atoms with van der Waals surface area (Å²) in [5.41, 5.74) is 7.18. The third kappa shape index (κ3) is 16.7. The lowest BCUT2D eigenvalue weighted by atomic mass is 10.1. The zero-order valence-electron chi connectivity index (χ0n) is 42.7. The smallest absolute Gasteiger partial charge is 0.256 e. The summed E-state index contributed by atoms with van der Waals surface area (Å²) in [6, 6.07) is 9.20. The van der Waals surface area contributed by atoms with Crippen molar-refractivity contribution < 1.29 is 59.9 Å². The van der Waals surface area contributed by atoms with E-state index in [2.05, 4.69) is 78.5 Å². The number of rotatable bonds is 34. The first-order valence-corrected chi connectivity index (χ1v) is 26.6. The average molecular weight is 1170 g/mol. The Morgan fingerprint density at radius 2 is 1.47 bits per heavy atom. The van der Waals surface area contributed by atoms with Crippen LogP contribution in [-0.4, -0.2) is 178 Å². The molecule has 1 aliphatic heterocycles. The molecular formula is C48H60BrF2N15O11S. The minimum atomic E-state index is -3.83. The first-order chi connectivity index (χ1) is 37.7. The standard InChI is InChI=1S/C48H60BrF2N15O11S/c1-4-39(67)57-37-28-65(27-35(37)51)48-61-44(41-45(62-48)64(2)30-54-41)59-38-29-66(63-46(38)71-3)13-15-73-17-19-75-21-23-77-25-24-76-22-20-74-18-16-72-14-12-55-78(69,70)32-10-8-31(9-11-32)56-47-53-26-33(49)43(60-47)58-36-7-5-6-34(50)40(36)42(52)68/h4-11,26,29-30,35,37,55H,1,12-25,27-28H2,2-3H3,(H2,52,68)(H,57,67)(H,59,61,62)(H2,53,56,58,60)/t35-,37-/m1/s1. The summed E-state index contributed by atoms with van der Waals surface area (Å²) >= 11 is 3.33. The highest BCUT2D eigenvalue weighted by Crippen LogP contribution is 2.32. The Bertz CT molecular complexity index is 3070. The van der Waals surface area contributed by atoms with Gasteiger partial charge in [-0.3, -0.25) is 14.3 Å². The van der Waals surface area contributed by atoms with Gasteiger partial charge in [-0.1, -0.05) is 12.6 Å². The molecule has 2 amide bonds. The number of nitrogens with one attached hydrogen (secondary N) is 5. The highest BCUT2D eigenvalue weighted by atomic mass is 79.9. The summed E-state index contributed by atoms with van der Waals surface area (Å²) in [6.45, 7) is 8.08. The number of aromatic nitrogens is 8. The van der Waals surface area contributed by atoms with E-state index in [0.717, 1.165) is 12.1 Å². The van der Waals surface area contributed by atoms with E-state index in [4.69, 9.17) is 38.9 Å². The number of amides is 2. The van der Waals surface area contributed by atoms with Gasteiger partial charge in [-0.2, -0.15) is 15.0 Å². The topological polar surface area (TPSA) is 310 Å². The zero-order chi connectivity index (χ0) is 55.4. The van der Waals surface area contributed by atoms with Crippen molar-refractivity contribution in [2.24, 2.45) is 12.8 Å². The Labute approximate surface area is 455 Å². The number of sulfonamides is 1. The van der Waals surface area contributed by atoms with E-state index in [1.807, 2.05) is 0 Å². The molecule has 6 aromatic rings. The third-order valence-corrected chi connectivity index (χ3v) is 13.4. The molecule has 1 fully saturated rings. The van der Waals surface area contributed by atoms with Crippen LogP contribution in [-0.2, 0) is 56.8 Å². The van der Waals surface area contributed by atoms with Crippen LogP contribution >= 0.6 is 15.9 Å². The predicted octanol–water partition coefficient (Wildman–Crippen LogP) is 3.50. The number of alkyl halides is 1. The fourth-order valence-corrected chi connectivity index (χ4v) is 8.77. The molecule has 0 radical (unpaired) electrons. The molecule has 0 unspecified atom stereocenters.